The maximum absolute atomic E-state index is 12.2. The van der Waals surface area contributed by atoms with Crippen molar-refractivity contribution in [2.24, 2.45) is 0 Å². The molecule has 0 heterocycles. The zero-order chi connectivity index (χ0) is 10.6. The van der Waals surface area contributed by atoms with Crippen molar-refractivity contribution in [3.63, 3.8) is 0 Å². The molecule has 1 aromatic rings. The normalized spacial score (nSPS) is 11.0. The van der Waals surface area contributed by atoms with Gasteiger partial charge in [-0.05, 0) is 12.0 Å². The van der Waals surface area contributed by atoms with Crippen LogP contribution < -0.4 is 5.46 Å². The monoisotopic (exact) mass is 198 g/mol. The van der Waals surface area contributed by atoms with E-state index in [4.69, 9.17) is 5.26 Å². The van der Waals surface area contributed by atoms with Crippen LogP contribution in [0.4, 0.5) is 12.9 Å². The van der Waals surface area contributed by atoms with Crippen LogP contribution in [0, 0.1) is 11.3 Å². The van der Waals surface area contributed by atoms with Crippen LogP contribution in [-0.4, -0.2) is 6.98 Å². The van der Waals surface area contributed by atoms with Gasteiger partial charge in [0.05, 0.1) is 6.07 Å². The third-order valence-corrected chi connectivity index (χ3v) is 1.88. The van der Waals surface area contributed by atoms with E-state index in [0.29, 0.717) is 12.8 Å². The minimum atomic E-state index is -4.90. The number of aryl methyl sites for hydroxylation is 1. The van der Waals surface area contributed by atoms with Crippen molar-refractivity contribution in [2.75, 3.05) is 0 Å². The van der Waals surface area contributed by atoms with Crippen molar-refractivity contribution in [1.82, 2.24) is 0 Å². The van der Waals surface area contributed by atoms with E-state index in [1.807, 2.05) is 6.07 Å². The second-order valence-electron chi connectivity index (χ2n) is 2.97. The molecule has 0 amide bonds. The average molecular weight is 198 g/mol. The lowest BCUT2D eigenvalue weighted by atomic mass is 9.80. The van der Waals surface area contributed by atoms with E-state index in [-0.39, 0.29) is 0 Å². The molecule has 0 bridgehead atoms. The first-order valence-corrected chi connectivity index (χ1v) is 4.20. The highest BCUT2D eigenvalue weighted by atomic mass is 19.4. The van der Waals surface area contributed by atoms with Gasteiger partial charge in [-0.15, -0.1) is 5.46 Å². The summed E-state index contributed by atoms with van der Waals surface area (Å²) in [6, 6.07) is 6.90. The summed E-state index contributed by atoms with van der Waals surface area (Å²) in [7, 11) is 0. The Kier molecular flexibility index (Phi) is 3.18. The molecule has 0 aliphatic rings. The van der Waals surface area contributed by atoms with Gasteiger partial charge < -0.3 is 12.9 Å². The molecule has 0 radical (unpaired) electrons. The lowest BCUT2D eigenvalue weighted by molar-refractivity contribution is 0.501. The molecule has 0 aromatic heterocycles. The fourth-order valence-electron chi connectivity index (χ4n) is 1.10. The van der Waals surface area contributed by atoms with Crippen LogP contribution in [0.1, 0.15) is 12.0 Å². The Morgan fingerprint density at radius 3 is 2.14 bits per heavy atom. The molecule has 0 atom stereocenters. The molecule has 1 rings (SSSR count). The number of rotatable bonds is 3. The first kappa shape index (κ1) is 10.6. The summed E-state index contributed by atoms with van der Waals surface area (Å²) in [5.41, 5.74) is 0.168. The number of hydrogen-bond acceptors (Lipinski definition) is 1. The molecule has 0 fully saturated rings. The Morgan fingerprint density at radius 1 is 1.14 bits per heavy atom. The van der Waals surface area contributed by atoms with Crippen LogP contribution in [0.25, 0.3) is 0 Å². The predicted molar refractivity (Wildman–Crippen MR) is 49.1 cm³/mol. The molecular formula is C9H8BF3N-. The molecule has 0 saturated carbocycles. The van der Waals surface area contributed by atoms with E-state index >= 15 is 0 Å². The predicted octanol–water partition coefficient (Wildman–Crippen LogP) is 2.20. The van der Waals surface area contributed by atoms with Gasteiger partial charge in [0.25, 0.3) is 0 Å². The molecule has 74 valence electrons. The zero-order valence-corrected chi connectivity index (χ0v) is 7.38. The van der Waals surface area contributed by atoms with Crippen molar-refractivity contribution < 1.29 is 12.9 Å². The van der Waals surface area contributed by atoms with Crippen LogP contribution in [0.3, 0.4) is 0 Å². The smallest absolute Gasteiger partial charge is 0.445 e. The summed E-state index contributed by atoms with van der Waals surface area (Å²) in [4.78, 5) is 0. The second-order valence-corrected chi connectivity index (χ2v) is 2.97. The van der Waals surface area contributed by atoms with E-state index in [1.165, 1.54) is 12.1 Å². The molecule has 0 unspecified atom stereocenters. The number of halogens is 3. The molecule has 14 heavy (non-hydrogen) atoms. The van der Waals surface area contributed by atoms with Crippen molar-refractivity contribution in [1.29, 1.82) is 5.26 Å². The van der Waals surface area contributed by atoms with Crippen LogP contribution in [-0.2, 0) is 6.42 Å². The number of hydrogen-bond donors (Lipinski definition) is 0. The van der Waals surface area contributed by atoms with Crippen LogP contribution in [0.15, 0.2) is 24.3 Å². The third kappa shape index (κ3) is 2.80. The van der Waals surface area contributed by atoms with Gasteiger partial charge in [-0.3, -0.25) is 0 Å². The summed E-state index contributed by atoms with van der Waals surface area (Å²) in [5.74, 6) is 0. The van der Waals surface area contributed by atoms with Gasteiger partial charge in [-0.1, -0.05) is 24.3 Å². The number of nitriles is 1. The van der Waals surface area contributed by atoms with Crippen LogP contribution in [0.5, 0.6) is 0 Å². The quantitative estimate of drug-likeness (QED) is 0.682. The Bertz CT molecular complexity index is 337. The highest BCUT2D eigenvalue weighted by Crippen LogP contribution is 2.10. The average Bonchev–Trinajstić information content (AvgIpc) is 2.14. The van der Waals surface area contributed by atoms with E-state index in [2.05, 4.69) is 0 Å². The Hall–Kier alpha value is -1.44. The van der Waals surface area contributed by atoms with Gasteiger partial charge in [-0.25, -0.2) is 0 Å². The largest absolute Gasteiger partial charge is 0.509 e. The molecule has 0 N–H and O–H groups in total. The van der Waals surface area contributed by atoms with Gasteiger partial charge in [0.15, 0.2) is 0 Å². The highest BCUT2D eigenvalue weighted by Gasteiger charge is 2.24. The minimum Gasteiger partial charge on any atom is -0.445 e. The fourth-order valence-corrected chi connectivity index (χ4v) is 1.10. The number of nitrogens with zero attached hydrogens (tertiary/aromatic N) is 1. The molecule has 1 aromatic carbocycles. The first-order chi connectivity index (χ1) is 6.54. The van der Waals surface area contributed by atoms with E-state index in [0.717, 1.165) is 17.7 Å². The van der Waals surface area contributed by atoms with Crippen molar-refractivity contribution in [3.8, 4) is 6.07 Å². The lowest BCUT2D eigenvalue weighted by Gasteiger charge is -2.14. The molecule has 0 aliphatic carbocycles. The summed E-state index contributed by atoms with van der Waals surface area (Å²) >= 11 is 0. The molecule has 0 aliphatic heterocycles. The minimum absolute atomic E-state index is 0.330. The zero-order valence-electron chi connectivity index (χ0n) is 7.38. The molecular weight excluding hydrogens is 190 g/mol. The summed E-state index contributed by atoms with van der Waals surface area (Å²) < 4.78 is 36.5. The van der Waals surface area contributed by atoms with Crippen LogP contribution in [0.2, 0.25) is 0 Å². The van der Waals surface area contributed by atoms with Gasteiger partial charge in [0.2, 0.25) is 0 Å². The Balaban J connectivity index is 2.75. The second kappa shape index (κ2) is 4.18. The summed E-state index contributed by atoms with van der Waals surface area (Å²) in [6.07, 6.45) is 0.831. The maximum atomic E-state index is 12.2. The molecule has 1 nitrogen and oxygen atoms in total. The molecule has 5 heteroatoms. The highest BCUT2D eigenvalue weighted by molar-refractivity contribution is 6.73. The summed E-state index contributed by atoms with van der Waals surface area (Å²) in [6.45, 7) is -4.90. The van der Waals surface area contributed by atoms with E-state index in [1.54, 1.807) is 0 Å². The van der Waals surface area contributed by atoms with Crippen LogP contribution >= 0.6 is 0 Å². The van der Waals surface area contributed by atoms with Gasteiger partial charge in [0, 0.05) is 6.42 Å². The van der Waals surface area contributed by atoms with E-state index < -0.39 is 12.4 Å². The maximum Gasteiger partial charge on any atom is 0.509 e. The Labute approximate surface area is 80.2 Å². The topological polar surface area (TPSA) is 23.8 Å². The van der Waals surface area contributed by atoms with Crippen molar-refractivity contribution >= 4 is 12.4 Å². The molecule has 0 spiro atoms. The van der Waals surface area contributed by atoms with E-state index in [9.17, 15) is 12.9 Å². The Morgan fingerprint density at radius 2 is 1.71 bits per heavy atom. The first-order valence-electron chi connectivity index (χ1n) is 4.20. The molecule has 0 saturated heterocycles. The lowest BCUT2D eigenvalue weighted by Crippen LogP contribution is -2.33. The van der Waals surface area contributed by atoms with Gasteiger partial charge in [0.1, 0.15) is 0 Å². The van der Waals surface area contributed by atoms with Gasteiger partial charge in [-0.2, -0.15) is 5.26 Å². The third-order valence-electron chi connectivity index (χ3n) is 1.88. The SMILES string of the molecule is N#CCCc1ccc([B-](F)(F)F)cc1. The van der Waals surface area contributed by atoms with Gasteiger partial charge >= 0.3 is 6.98 Å². The summed E-state index contributed by atoms with van der Waals surface area (Å²) in [5, 5.41) is 8.28. The van der Waals surface area contributed by atoms with Crippen molar-refractivity contribution in [3.05, 3.63) is 29.8 Å². The fraction of sp³-hybridized carbons (Fsp3) is 0.222. The van der Waals surface area contributed by atoms with Crippen molar-refractivity contribution in [2.45, 2.75) is 12.8 Å². The number of benzene rings is 1. The standard InChI is InChI=1S/C9H8BF3N/c11-10(12,13)9-5-3-8(4-6-9)2-1-7-14/h3-6H,1-2H2/q-1.